The van der Waals surface area contributed by atoms with Crippen molar-refractivity contribution in [2.45, 2.75) is 56.2 Å². The molecule has 2 unspecified atom stereocenters. The summed E-state index contributed by atoms with van der Waals surface area (Å²) in [4.78, 5) is 17.3. The van der Waals surface area contributed by atoms with Crippen molar-refractivity contribution >= 4 is 23.2 Å². The number of nitrogens with one attached hydrogen (secondary N) is 1. The van der Waals surface area contributed by atoms with Gasteiger partial charge in [-0.15, -0.1) is 0 Å². The molecule has 5 nitrogen and oxygen atoms in total. The van der Waals surface area contributed by atoms with E-state index in [-0.39, 0.29) is 18.1 Å². The number of halogens is 1. The Hall–Kier alpha value is -1.30. The van der Waals surface area contributed by atoms with Gasteiger partial charge in [0.15, 0.2) is 0 Å². The summed E-state index contributed by atoms with van der Waals surface area (Å²) in [5.41, 5.74) is 0.568. The van der Waals surface area contributed by atoms with E-state index in [1.165, 1.54) is 6.42 Å². The Kier molecular flexibility index (Phi) is 4.65. The SMILES string of the molecule is O=C1NCN(c2ccc(Cl)cc2)C12CCN(C1CCCCC1O)CC2. The topological polar surface area (TPSA) is 55.8 Å². The van der Waals surface area contributed by atoms with Gasteiger partial charge in [-0.25, -0.2) is 0 Å². The first kappa shape index (κ1) is 17.1. The summed E-state index contributed by atoms with van der Waals surface area (Å²) < 4.78 is 0. The quantitative estimate of drug-likeness (QED) is 0.847. The van der Waals surface area contributed by atoms with Crippen LogP contribution >= 0.6 is 11.6 Å². The minimum Gasteiger partial charge on any atom is -0.391 e. The molecule has 1 spiro atoms. The number of likely N-dealkylation sites (tertiary alicyclic amines) is 1. The lowest BCUT2D eigenvalue weighted by atomic mass is 9.83. The van der Waals surface area contributed by atoms with Gasteiger partial charge >= 0.3 is 0 Å². The maximum absolute atomic E-state index is 12.7. The highest BCUT2D eigenvalue weighted by molar-refractivity contribution is 6.30. The largest absolute Gasteiger partial charge is 0.391 e. The normalized spacial score (nSPS) is 29.8. The Labute approximate surface area is 153 Å². The predicted octanol–water partition coefficient (Wildman–Crippen LogP) is 2.37. The standard InChI is InChI=1S/C19H26ClN3O2/c20-14-5-7-15(8-6-14)23-13-21-18(25)19(23)9-11-22(12-10-19)16-3-1-2-4-17(16)24/h5-8,16-17,24H,1-4,9-13H2,(H,21,25). The zero-order valence-electron chi connectivity index (χ0n) is 14.5. The Morgan fingerprint density at radius 3 is 2.48 bits per heavy atom. The number of hydrogen-bond acceptors (Lipinski definition) is 4. The lowest BCUT2D eigenvalue weighted by Crippen LogP contribution is -2.59. The molecule has 0 bridgehead atoms. The molecule has 1 aromatic rings. The zero-order chi connectivity index (χ0) is 17.4. The third kappa shape index (κ3) is 3.03. The number of aliphatic hydroxyl groups excluding tert-OH is 1. The van der Waals surface area contributed by atoms with Gasteiger partial charge in [0.05, 0.1) is 12.8 Å². The zero-order valence-corrected chi connectivity index (χ0v) is 15.2. The van der Waals surface area contributed by atoms with Gasteiger partial charge < -0.3 is 15.3 Å². The number of carbonyl (C=O) groups excluding carboxylic acids is 1. The van der Waals surface area contributed by atoms with E-state index in [4.69, 9.17) is 11.6 Å². The smallest absolute Gasteiger partial charge is 0.247 e. The van der Waals surface area contributed by atoms with Crippen molar-refractivity contribution in [2.75, 3.05) is 24.7 Å². The summed E-state index contributed by atoms with van der Waals surface area (Å²) >= 11 is 6.01. The second-order valence-electron chi connectivity index (χ2n) is 7.56. The van der Waals surface area contributed by atoms with E-state index in [0.717, 1.165) is 50.9 Å². The van der Waals surface area contributed by atoms with Crippen molar-refractivity contribution in [3.8, 4) is 0 Å². The van der Waals surface area contributed by atoms with Crippen LogP contribution in [0.25, 0.3) is 0 Å². The van der Waals surface area contributed by atoms with Crippen molar-refractivity contribution in [1.29, 1.82) is 0 Å². The summed E-state index contributed by atoms with van der Waals surface area (Å²) in [5.74, 6) is 0.131. The fourth-order valence-corrected chi connectivity index (χ4v) is 4.91. The molecule has 25 heavy (non-hydrogen) atoms. The molecule has 1 aromatic carbocycles. The van der Waals surface area contributed by atoms with Crippen molar-refractivity contribution in [1.82, 2.24) is 10.2 Å². The van der Waals surface area contributed by atoms with Crippen LogP contribution in [0.2, 0.25) is 5.02 Å². The van der Waals surface area contributed by atoms with Crippen LogP contribution in [0.5, 0.6) is 0 Å². The predicted molar refractivity (Wildman–Crippen MR) is 98.7 cm³/mol. The van der Waals surface area contributed by atoms with Crippen LogP contribution in [0.4, 0.5) is 5.69 Å². The fraction of sp³-hybridized carbons (Fsp3) is 0.632. The first-order valence-electron chi connectivity index (χ1n) is 9.34. The van der Waals surface area contributed by atoms with Crippen LogP contribution in [0, 0.1) is 0 Å². The molecule has 1 amide bonds. The van der Waals surface area contributed by atoms with Gasteiger partial charge in [0.1, 0.15) is 5.54 Å². The number of hydrogen-bond donors (Lipinski definition) is 2. The number of aliphatic hydroxyl groups is 1. The summed E-state index contributed by atoms with van der Waals surface area (Å²) in [5, 5.41) is 14.1. The highest BCUT2D eigenvalue weighted by Gasteiger charge is 2.51. The van der Waals surface area contributed by atoms with E-state index in [0.29, 0.717) is 11.7 Å². The van der Waals surface area contributed by atoms with Gasteiger partial charge in [-0.2, -0.15) is 0 Å². The van der Waals surface area contributed by atoms with E-state index in [1.54, 1.807) is 0 Å². The lowest BCUT2D eigenvalue weighted by Gasteiger charge is -2.47. The van der Waals surface area contributed by atoms with Crippen LogP contribution in [0.3, 0.4) is 0 Å². The Morgan fingerprint density at radius 1 is 1.12 bits per heavy atom. The van der Waals surface area contributed by atoms with Gasteiger partial charge in [0.25, 0.3) is 0 Å². The Morgan fingerprint density at radius 2 is 1.80 bits per heavy atom. The lowest BCUT2D eigenvalue weighted by molar-refractivity contribution is -0.125. The molecule has 136 valence electrons. The van der Waals surface area contributed by atoms with E-state index in [2.05, 4.69) is 15.1 Å². The average molecular weight is 364 g/mol. The van der Waals surface area contributed by atoms with Crippen molar-refractivity contribution in [3.63, 3.8) is 0 Å². The molecular weight excluding hydrogens is 338 g/mol. The third-order valence-electron chi connectivity index (χ3n) is 6.26. The van der Waals surface area contributed by atoms with Crippen LogP contribution in [-0.2, 0) is 4.79 Å². The molecule has 2 saturated heterocycles. The second kappa shape index (κ2) is 6.78. The van der Waals surface area contributed by atoms with E-state index in [1.807, 2.05) is 24.3 Å². The molecule has 1 saturated carbocycles. The van der Waals surface area contributed by atoms with E-state index in [9.17, 15) is 9.90 Å². The number of benzene rings is 1. The highest BCUT2D eigenvalue weighted by Crippen LogP contribution is 2.38. The van der Waals surface area contributed by atoms with E-state index >= 15 is 0 Å². The molecule has 3 fully saturated rings. The average Bonchev–Trinajstić information content (AvgIpc) is 2.94. The Bertz CT molecular complexity index is 628. The summed E-state index contributed by atoms with van der Waals surface area (Å²) in [6, 6.07) is 7.99. The third-order valence-corrected chi connectivity index (χ3v) is 6.52. The first-order chi connectivity index (χ1) is 12.1. The van der Waals surface area contributed by atoms with Gasteiger partial charge in [0, 0.05) is 29.8 Å². The van der Waals surface area contributed by atoms with Gasteiger partial charge in [0.2, 0.25) is 5.91 Å². The Balaban J connectivity index is 1.51. The highest BCUT2D eigenvalue weighted by atomic mass is 35.5. The first-order valence-corrected chi connectivity index (χ1v) is 9.72. The van der Waals surface area contributed by atoms with Crippen molar-refractivity contribution in [2.24, 2.45) is 0 Å². The molecule has 3 aliphatic rings. The van der Waals surface area contributed by atoms with Crippen molar-refractivity contribution < 1.29 is 9.90 Å². The monoisotopic (exact) mass is 363 g/mol. The van der Waals surface area contributed by atoms with Gasteiger partial charge in [-0.3, -0.25) is 9.69 Å². The number of piperidine rings is 1. The molecule has 2 aliphatic heterocycles. The van der Waals surface area contributed by atoms with Crippen LogP contribution in [0.15, 0.2) is 24.3 Å². The van der Waals surface area contributed by atoms with Gasteiger partial charge in [-0.05, 0) is 49.9 Å². The van der Waals surface area contributed by atoms with Crippen LogP contribution < -0.4 is 10.2 Å². The molecule has 2 atom stereocenters. The summed E-state index contributed by atoms with van der Waals surface area (Å²) in [6.07, 6.45) is 5.68. The minimum absolute atomic E-state index is 0.131. The number of amides is 1. The fourth-order valence-electron chi connectivity index (χ4n) is 4.79. The molecule has 1 aliphatic carbocycles. The van der Waals surface area contributed by atoms with Gasteiger partial charge in [-0.1, -0.05) is 24.4 Å². The maximum atomic E-state index is 12.7. The number of anilines is 1. The van der Waals surface area contributed by atoms with E-state index < -0.39 is 5.54 Å². The number of rotatable bonds is 2. The molecule has 6 heteroatoms. The second-order valence-corrected chi connectivity index (χ2v) is 7.99. The molecule has 0 aromatic heterocycles. The summed E-state index contributed by atoms with van der Waals surface area (Å²) in [6.45, 7) is 2.27. The molecular formula is C19H26ClN3O2. The molecule has 2 N–H and O–H groups in total. The molecule has 0 radical (unpaired) electrons. The molecule has 2 heterocycles. The minimum atomic E-state index is -0.468. The van der Waals surface area contributed by atoms with Crippen LogP contribution in [-0.4, -0.2) is 53.4 Å². The molecule has 4 rings (SSSR count). The maximum Gasteiger partial charge on any atom is 0.247 e. The van der Waals surface area contributed by atoms with Crippen molar-refractivity contribution in [3.05, 3.63) is 29.3 Å². The van der Waals surface area contributed by atoms with Crippen LogP contribution in [0.1, 0.15) is 38.5 Å². The number of nitrogens with zero attached hydrogens (tertiary/aromatic N) is 2. The summed E-state index contributed by atoms with van der Waals surface area (Å²) in [7, 11) is 0. The number of carbonyl (C=O) groups is 1.